The van der Waals surface area contributed by atoms with Gasteiger partial charge in [-0.15, -0.1) is 0 Å². The molecule has 154 valence electrons. The number of nitrogens with one attached hydrogen (secondary N) is 1. The summed E-state index contributed by atoms with van der Waals surface area (Å²) >= 11 is 0. The van der Waals surface area contributed by atoms with Crippen LogP contribution in [-0.2, 0) is 14.3 Å². The number of anilines is 1. The zero-order valence-electron chi connectivity index (χ0n) is 17.4. The van der Waals surface area contributed by atoms with Gasteiger partial charge in [-0.2, -0.15) is 0 Å². The van der Waals surface area contributed by atoms with E-state index >= 15 is 0 Å². The first-order valence-corrected chi connectivity index (χ1v) is 9.56. The number of ether oxygens (including phenoxy) is 2. The molecule has 1 N–H and O–H groups in total. The van der Waals surface area contributed by atoms with E-state index in [9.17, 15) is 9.59 Å². The Bertz CT molecular complexity index is 859. The van der Waals surface area contributed by atoms with Gasteiger partial charge >= 0.3 is 12.0 Å². The van der Waals surface area contributed by atoms with E-state index in [0.717, 1.165) is 35.2 Å². The third kappa shape index (κ3) is 6.10. The summed E-state index contributed by atoms with van der Waals surface area (Å²) in [5.41, 5.74) is 3.62. The van der Waals surface area contributed by atoms with Crippen molar-refractivity contribution in [3.05, 3.63) is 59.9 Å². The molecule has 2 rings (SSSR count). The zero-order chi connectivity index (χ0) is 21.2. The molecule has 0 aliphatic rings. The number of carbonyl (C=O) groups is 2. The number of urea groups is 1. The van der Waals surface area contributed by atoms with Gasteiger partial charge in [-0.25, -0.2) is 9.59 Å². The van der Waals surface area contributed by atoms with Crippen molar-refractivity contribution in [1.82, 2.24) is 5.32 Å². The average molecular weight is 396 g/mol. The Labute approximate surface area is 172 Å². The quantitative estimate of drug-likeness (QED) is 0.310. The summed E-state index contributed by atoms with van der Waals surface area (Å²) in [6, 6.07) is 15.4. The van der Waals surface area contributed by atoms with Gasteiger partial charge < -0.3 is 14.8 Å². The standard InChI is InChI=1S/C23H28N2O4/c1-5-6-14-24-23(27)25(2)20-9-7-8-19(16-20)18-12-10-17(11-13-18)15-21(28-3)22(26)29-4/h7-13,15-16H,5-6,14H2,1-4H3,(H,24,27)/b21-15-. The van der Waals surface area contributed by atoms with E-state index in [-0.39, 0.29) is 11.8 Å². The first-order valence-electron chi connectivity index (χ1n) is 9.56. The van der Waals surface area contributed by atoms with Crippen molar-refractivity contribution in [2.45, 2.75) is 19.8 Å². The highest BCUT2D eigenvalue weighted by Gasteiger charge is 2.12. The molecule has 29 heavy (non-hydrogen) atoms. The second-order valence-electron chi connectivity index (χ2n) is 6.52. The van der Waals surface area contributed by atoms with E-state index in [1.807, 2.05) is 48.5 Å². The lowest BCUT2D eigenvalue weighted by Crippen LogP contribution is -2.37. The Morgan fingerprint density at radius 3 is 2.38 bits per heavy atom. The number of unbranched alkanes of at least 4 members (excludes halogenated alkanes) is 1. The van der Waals surface area contributed by atoms with Crippen molar-refractivity contribution in [3.63, 3.8) is 0 Å². The molecule has 2 aromatic rings. The summed E-state index contributed by atoms with van der Waals surface area (Å²) < 4.78 is 9.75. The molecule has 0 heterocycles. The monoisotopic (exact) mass is 396 g/mol. The van der Waals surface area contributed by atoms with Gasteiger partial charge in [-0.05, 0) is 41.3 Å². The van der Waals surface area contributed by atoms with E-state index in [4.69, 9.17) is 4.74 Å². The third-order valence-corrected chi connectivity index (χ3v) is 4.49. The van der Waals surface area contributed by atoms with Crippen LogP contribution < -0.4 is 10.2 Å². The van der Waals surface area contributed by atoms with Crippen LogP contribution in [0.4, 0.5) is 10.5 Å². The normalized spacial score (nSPS) is 11.0. The summed E-state index contributed by atoms with van der Waals surface area (Å²) in [6.45, 7) is 2.76. The number of nitrogens with zero attached hydrogens (tertiary/aromatic N) is 1. The molecule has 0 fully saturated rings. The van der Waals surface area contributed by atoms with Gasteiger partial charge in [0.25, 0.3) is 0 Å². The maximum atomic E-state index is 12.3. The molecule has 0 aromatic heterocycles. The maximum Gasteiger partial charge on any atom is 0.373 e. The van der Waals surface area contributed by atoms with Crippen LogP contribution in [0.5, 0.6) is 0 Å². The summed E-state index contributed by atoms with van der Waals surface area (Å²) in [6.07, 6.45) is 3.62. The first kappa shape index (κ1) is 22.0. The van der Waals surface area contributed by atoms with E-state index in [1.165, 1.54) is 14.2 Å². The Morgan fingerprint density at radius 2 is 1.76 bits per heavy atom. The van der Waals surface area contributed by atoms with Crippen LogP contribution >= 0.6 is 0 Å². The van der Waals surface area contributed by atoms with E-state index in [0.29, 0.717) is 6.54 Å². The molecular formula is C23H28N2O4. The SMILES string of the molecule is CCCCNC(=O)N(C)c1cccc(-c2ccc(/C=C(\OC)C(=O)OC)cc2)c1. The predicted molar refractivity (Wildman–Crippen MR) is 116 cm³/mol. The fraction of sp³-hybridized carbons (Fsp3) is 0.304. The maximum absolute atomic E-state index is 12.3. The van der Waals surface area contributed by atoms with Crippen molar-refractivity contribution >= 4 is 23.8 Å². The number of rotatable bonds is 8. The van der Waals surface area contributed by atoms with Gasteiger partial charge in [0.15, 0.2) is 0 Å². The molecule has 6 nitrogen and oxygen atoms in total. The molecule has 0 aliphatic carbocycles. The van der Waals surface area contributed by atoms with Crippen LogP contribution in [0, 0.1) is 0 Å². The number of carbonyl (C=O) groups excluding carboxylic acids is 2. The van der Waals surface area contributed by atoms with Crippen LogP contribution in [0.15, 0.2) is 54.3 Å². The molecule has 6 heteroatoms. The molecule has 0 atom stereocenters. The van der Waals surface area contributed by atoms with Crippen molar-refractivity contribution < 1.29 is 19.1 Å². The molecule has 0 spiro atoms. The lowest BCUT2D eigenvalue weighted by molar-refractivity contribution is -0.139. The van der Waals surface area contributed by atoms with Crippen molar-refractivity contribution in [3.8, 4) is 11.1 Å². The number of hydrogen-bond donors (Lipinski definition) is 1. The van der Waals surface area contributed by atoms with E-state index in [1.54, 1.807) is 18.0 Å². The molecule has 2 aromatic carbocycles. The zero-order valence-corrected chi connectivity index (χ0v) is 17.4. The highest BCUT2D eigenvalue weighted by Crippen LogP contribution is 2.25. The smallest absolute Gasteiger partial charge is 0.373 e. The number of esters is 1. The highest BCUT2D eigenvalue weighted by atomic mass is 16.6. The van der Waals surface area contributed by atoms with Crippen LogP contribution in [0.2, 0.25) is 0 Å². The van der Waals surface area contributed by atoms with Gasteiger partial charge in [0.1, 0.15) is 0 Å². The molecule has 0 bridgehead atoms. The molecule has 0 saturated heterocycles. The topological polar surface area (TPSA) is 67.9 Å². The minimum atomic E-state index is -0.524. The summed E-state index contributed by atoms with van der Waals surface area (Å²) in [7, 11) is 4.50. The molecule has 0 radical (unpaired) electrons. The van der Waals surface area contributed by atoms with E-state index in [2.05, 4.69) is 17.0 Å². The Balaban J connectivity index is 2.17. The lowest BCUT2D eigenvalue weighted by atomic mass is 10.0. The third-order valence-electron chi connectivity index (χ3n) is 4.49. The number of methoxy groups -OCH3 is 2. The fourth-order valence-electron chi connectivity index (χ4n) is 2.73. The summed E-state index contributed by atoms with van der Waals surface area (Å²) in [4.78, 5) is 25.5. The predicted octanol–water partition coefficient (Wildman–Crippen LogP) is 4.46. The second-order valence-corrected chi connectivity index (χ2v) is 6.52. The largest absolute Gasteiger partial charge is 0.490 e. The number of amides is 2. The van der Waals surface area contributed by atoms with Crippen molar-refractivity contribution in [1.29, 1.82) is 0 Å². The molecule has 2 amide bonds. The van der Waals surface area contributed by atoms with Crippen LogP contribution in [0.3, 0.4) is 0 Å². The molecule has 0 unspecified atom stereocenters. The van der Waals surface area contributed by atoms with Gasteiger partial charge in [0.2, 0.25) is 5.76 Å². The van der Waals surface area contributed by atoms with E-state index < -0.39 is 5.97 Å². The van der Waals surface area contributed by atoms with Gasteiger partial charge in [-0.3, -0.25) is 4.90 Å². The van der Waals surface area contributed by atoms with Gasteiger partial charge in [0, 0.05) is 19.3 Å². The van der Waals surface area contributed by atoms with Gasteiger partial charge in [-0.1, -0.05) is 49.7 Å². The first-order chi connectivity index (χ1) is 14.0. The molecular weight excluding hydrogens is 368 g/mol. The average Bonchev–Trinajstić information content (AvgIpc) is 2.77. The van der Waals surface area contributed by atoms with Gasteiger partial charge in [0.05, 0.1) is 14.2 Å². The summed E-state index contributed by atoms with van der Waals surface area (Å²) in [5, 5.41) is 2.92. The van der Waals surface area contributed by atoms with Crippen LogP contribution in [0.1, 0.15) is 25.3 Å². The Hall–Kier alpha value is -3.28. The van der Waals surface area contributed by atoms with Crippen molar-refractivity contribution in [2.24, 2.45) is 0 Å². The molecule has 0 saturated carbocycles. The minimum Gasteiger partial charge on any atom is -0.490 e. The fourth-order valence-corrected chi connectivity index (χ4v) is 2.73. The van der Waals surface area contributed by atoms with Crippen LogP contribution in [0.25, 0.3) is 17.2 Å². The number of benzene rings is 2. The molecule has 0 aliphatic heterocycles. The van der Waals surface area contributed by atoms with Crippen LogP contribution in [-0.4, -0.2) is 39.8 Å². The summed E-state index contributed by atoms with van der Waals surface area (Å²) in [5.74, 6) is -0.387. The Morgan fingerprint density at radius 1 is 1.03 bits per heavy atom. The van der Waals surface area contributed by atoms with Crippen molar-refractivity contribution in [2.75, 3.05) is 32.7 Å². The highest BCUT2D eigenvalue weighted by molar-refractivity contribution is 5.92. The Kier molecular flexibility index (Phi) is 8.27. The second kappa shape index (κ2) is 10.9. The number of hydrogen-bond acceptors (Lipinski definition) is 4. The lowest BCUT2D eigenvalue weighted by Gasteiger charge is -2.19. The minimum absolute atomic E-state index is 0.119.